The van der Waals surface area contributed by atoms with Crippen LogP contribution in [0.25, 0.3) is 0 Å². The Balaban J connectivity index is 1.73. The second-order valence-electron chi connectivity index (χ2n) is 6.89. The van der Waals surface area contributed by atoms with Crippen molar-refractivity contribution in [1.82, 2.24) is 20.0 Å². The van der Waals surface area contributed by atoms with Crippen molar-refractivity contribution in [2.75, 3.05) is 43.4 Å². The summed E-state index contributed by atoms with van der Waals surface area (Å²) in [6.07, 6.45) is 0.222. The molecule has 140 valence electrons. The van der Waals surface area contributed by atoms with Crippen LogP contribution >= 0.6 is 0 Å². The summed E-state index contributed by atoms with van der Waals surface area (Å²) in [6.45, 7) is 11.3. The molecule has 0 spiro atoms. The molecule has 8 nitrogen and oxygen atoms in total. The quantitative estimate of drug-likeness (QED) is 0.889. The SMILES string of the molecule is Cc1noc(C)c1CC(=O)Nc1c(C)nc(N2CCN(C)CC2)nc1C. The lowest BCUT2D eigenvalue weighted by Gasteiger charge is -2.32. The highest BCUT2D eigenvalue weighted by Gasteiger charge is 2.20. The largest absolute Gasteiger partial charge is 0.361 e. The highest BCUT2D eigenvalue weighted by Crippen LogP contribution is 2.22. The van der Waals surface area contributed by atoms with Crippen LogP contribution in [0.3, 0.4) is 0 Å². The number of amides is 1. The minimum absolute atomic E-state index is 0.124. The van der Waals surface area contributed by atoms with E-state index in [0.717, 1.165) is 54.8 Å². The van der Waals surface area contributed by atoms with Crippen molar-refractivity contribution >= 4 is 17.5 Å². The van der Waals surface area contributed by atoms with E-state index in [1.54, 1.807) is 0 Å². The molecule has 1 saturated heterocycles. The molecule has 0 atom stereocenters. The molecule has 26 heavy (non-hydrogen) atoms. The summed E-state index contributed by atoms with van der Waals surface area (Å²) >= 11 is 0. The van der Waals surface area contributed by atoms with Gasteiger partial charge in [-0.25, -0.2) is 9.97 Å². The summed E-state index contributed by atoms with van der Waals surface area (Å²) in [4.78, 5) is 26.2. The summed E-state index contributed by atoms with van der Waals surface area (Å²) in [5.41, 5.74) is 3.80. The van der Waals surface area contributed by atoms with Crippen molar-refractivity contribution < 1.29 is 9.32 Å². The van der Waals surface area contributed by atoms with Crippen molar-refractivity contribution in [1.29, 1.82) is 0 Å². The number of anilines is 2. The second kappa shape index (κ2) is 7.41. The normalized spacial score (nSPS) is 15.3. The van der Waals surface area contributed by atoms with Gasteiger partial charge in [0.1, 0.15) is 5.76 Å². The number of hydrogen-bond donors (Lipinski definition) is 1. The van der Waals surface area contributed by atoms with Crippen LogP contribution in [0.15, 0.2) is 4.52 Å². The number of carbonyl (C=O) groups excluding carboxylic acids is 1. The van der Waals surface area contributed by atoms with Crippen LogP contribution < -0.4 is 10.2 Å². The molecule has 8 heteroatoms. The van der Waals surface area contributed by atoms with Crippen molar-refractivity contribution in [3.05, 3.63) is 28.4 Å². The van der Waals surface area contributed by atoms with Crippen LogP contribution in [0.2, 0.25) is 0 Å². The van der Waals surface area contributed by atoms with E-state index in [1.165, 1.54) is 0 Å². The molecule has 0 aliphatic carbocycles. The van der Waals surface area contributed by atoms with Gasteiger partial charge >= 0.3 is 0 Å². The van der Waals surface area contributed by atoms with Crippen LogP contribution in [0.1, 0.15) is 28.4 Å². The molecule has 2 aromatic heterocycles. The number of carbonyl (C=O) groups is 1. The number of aromatic nitrogens is 3. The molecule has 1 aliphatic rings. The van der Waals surface area contributed by atoms with E-state index in [1.807, 2.05) is 27.7 Å². The van der Waals surface area contributed by atoms with Gasteiger partial charge in [0.05, 0.1) is 29.2 Å². The number of aryl methyl sites for hydroxylation is 4. The second-order valence-corrected chi connectivity index (χ2v) is 6.89. The zero-order valence-corrected chi connectivity index (χ0v) is 16.1. The summed E-state index contributed by atoms with van der Waals surface area (Å²) < 4.78 is 5.12. The van der Waals surface area contributed by atoms with E-state index in [4.69, 9.17) is 4.52 Å². The molecule has 0 saturated carbocycles. The molecule has 0 radical (unpaired) electrons. The molecule has 1 fully saturated rings. The molecule has 1 N–H and O–H groups in total. The maximum atomic E-state index is 12.5. The third-order valence-corrected chi connectivity index (χ3v) is 4.83. The Bertz CT molecular complexity index is 766. The van der Waals surface area contributed by atoms with Gasteiger partial charge in [-0.3, -0.25) is 4.79 Å². The molecular formula is C18H26N6O2. The molecule has 0 aromatic carbocycles. The third-order valence-electron chi connectivity index (χ3n) is 4.83. The molecule has 1 aliphatic heterocycles. The smallest absolute Gasteiger partial charge is 0.229 e. The van der Waals surface area contributed by atoms with E-state index in [-0.39, 0.29) is 12.3 Å². The lowest BCUT2D eigenvalue weighted by molar-refractivity contribution is -0.115. The highest BCUT2D eigenvalue weighted by atomic mass is 16.5. The monoisotopic (exact) mass is 358 g/mol. The van der Waals surface area contributed by atoms with E-state index in [9.17, 15) is 4.79 Å². The lowest BCUT2D eigenvalue weighted by atomic mass is 10.1. The van der Waals surface area contributed by atoms with Crippen molar-refractivity contribution in [2.45, 2.75) is 34.1 Å². The van der Waals surface area contributed by atoms with Gasteiger partial charge in [-0.15, -0.1) is 0 Å². The first kappa shape index (κ1) is 18.3. The maximum Gasteiger partial charge on any atom is 0.229 e. The van der Waals surface area contributed by atoms with E-state index < -0.39 is 0 Å². The number of nitrogens with zero attached hydrogens (tertiary/aromatic N) is 5. The number of nitrogens with one attached hydrogen (secondary N) is 1. The summed E-state index contributed by atoms with van der Waals surface area (Å²) in [7, 11) is 2.12. The van der Waals surface area contributed by atoms with E-state index in [0.29, 0.717) is 11.4 Å². The topological polar surface area (TPSA) is 87.4 Å². The zero-order chi connectivity index (χ0) is 18.8. The Kier molecular flexibility index (Phi) is 5.22. The zero-order valence-electron chi connectivity index (χ0n) is 16.1. The molecule has 3 heterocycles. The fraction of sp³-hybridized carbons (Fsp3) is 0.556. The van der Waals surface area contributed by atoms with Gasteiger partial charge < -0.3 is 19.6 Å². The van der Waals surface area contributed by atoms with E-state index in [2.05, 4.69) is 37.3 Å². The van der Waals surface area contributed by atoms with Crippen LogP contribution in [0, 0.1) is 27.7 Å². The fourth-order valence-electron chi connectivity index (χ4n) is 3.13. The molecule has 2 aromatic rings. The van der Waals surface area contributed by atoms with Gasteiger partial charge in [0.25, 0.3) is 0 Å². The average Bonchev–Trinajstić information content (AvgIpc) is 2.90. The van der Waals surface area contributed by atoms with Gasteiger partial charge in [-0.1, -0.05) is 5.16 Å². The van der Waals surface area contributed by atoms with Crippen LogP contribution in [-0.4, -0.2) is 59.2 Å². The first-order valence-corrected chi connectivity index (χ1v) is 8.85. The van der Waals surface area contributed by atoms with Gasteiger partial charge in [0.2, 0.25) is 11.9 Å². The number of rotatable bonds is 4. The van der Waals surface area contributed by atoms with Gasteiger partial charge in [-0.2, -0.15) is 0 Å². The summed E-state index contributed by atoms with van der Waals surface area (Å²) in [6, 6.07) is 0. The maximum absolute atomic E-state index is 12.5. The van der Waals surface area contributed by atoms with Crippen molar-refractivity contribution in [3.8, 4) is 0 Å². The minimum Gasteiger partial charge on any atom is -0.361 e. The minimum atomic E-state index is -0.124. The molecule has 3 rings (SSSR count). The van der Waals surface area contributed by atoms with E-state index >= 15 is 0 Å². The standard InChI is InChI=1S/C18H26N6O2/c1-11-15(14(4)26-22-11)10-16(25)21-17-12(2)19-18(20-13(17)3)24-8-6-23(5)7-9-24/h6-10H2,1-5H3,(H,21,25). The summed E-state index contributed by atoms with van der Waals surface area (Å²) in [5, 5.41) is 6.84. The molecular weight excluding hydrogens is 332 g/mol. The fourth-order valence-corrected chi connectivity index (χ4v) is 3.13. The Morgan fingerprint density at radius 1 is 1.04 bits per heavy atom. The first-order valence-electron chi connectivity index (χ1n) is 8.85. The highest BCUT2D eigenvalue weighted by molar-refractivity contribution is 5.93. The predicted molar refractivity (Wildman–Crippen MR) is 99.5 cm³/mol. The van der Waals surface area contributed by atoms with Gasteiger partial charge in [0, 0.05) is 31.7 Å². The Morgan fingerprint density at radius 2 is 1.65 bits per heavy atom. The van der Waals surface area contributed by atoms with Crippen LogP contribution in [0.4, 0.5) is 11.6 Å². The third kappa shape index (κ3) is 3.85. The van der Waals surface area contributed by atoms with Gasteiger partial charge in [0.15, 0.2) is 0 Å². The van der Waals surface area contributed by atoms with Crippen LogP contribution in [-0.2, 0) is 11.2 Å². The van der Waals surface area contributed by atoms with Crippen LogP contribution in [0.5, 0.6) is 0 Å². The lowest BCUT2D eigenvalue weighted by Crippen LogP contribution is -2.45. The van der Waals surface area contributed by atoms with Crippen molar-refractivity contribution in [3.63, 3.8) is 0 Å². The Hall–Kier alpha value is -2.48. The summed E-state index contributed by atoms with van der Waals surface area (Å²) in [5.74, 6) is 1.28. The number of hydrogen-bond acceptors (Lipinski definition) is 7. The number of likely N-dealkylation sites (N-methyl/N-ethyl adjacent to an activating group) is 1. The first-order chi connectivity index (χ1) is 12.3. The average molecular weight is 358 g/mol. The molecule has 1 amide bonds. The molecule has 0 unspecified atom stereocenters. The Labute approximate surface area is 153 Å². The number of piperazine rings is 1. The van der Waals surface area contributed by atoms with Gasteiger partial charge in [-0.05, 0) is 34.7 Å². The Morgan fingerprint density at radius 3 is 2.19 bits per heavy atom. The van der Waals surface area contributed by atoms with Crippen molar-refractivity contribution in [2.24, 2.45) is 0 Å². The predicted octanol–water partition coefficient (Wildman–Crippen LogP) is 1.63. The molecule has 0 bridgehead atoms.